The van der Waals surface area contributed by atoms with Gasteiger partial charge < -0.3 is 31.3 Å². The molecule has 0 aromatic heterocycles. The number of carbonyl (C=O) groups excluding carboxylic acids is 5. The van der Waals surface area contributed by atoms with Gasteiger partial charge in [0, 0.05) is 19.0 Å². The van der Waals surface area contributed by atoms with E-state index in [1.165, 1.54) is 11.8 Å². The minimum atomic E-state index is -5.25. The fourth-order valence-corrected chi connectivity index (χ4v) is 6.85. The molecule has 11 nitrogen and oxygen atoms in total. The molecular weight excluding hydrogens is 547 g/mol. The van der Waals surface area contributed by atoms with Crippen molar-refractivity contribution >= 4 is 29.5 Å². The Morgan fingerprint density at radius 2 is 1.80 bits per heavy atom. The molecule has 2 aliphatic heterocycles. The Morgan fingerprint density at radius 3 is 2.37 bits per heavy atom. The molecule has 0 aromatic rings. The Balaban J connectivity index is 1.62. The van der Waals surface area contributed by atoms with Crippen molar-refractivity contribution in [2.45, 2.75) is 83.0 Å². The van der Waals surface area contributed by atoms with Gasteiger partial charge in [-0.1, -0.05) is 12.2 Å². The van der Waals surface area contributed by atoms with Crippen molar-refractivity contribution in [3.8, 4) is 0 Å². The fourth-order valence-electron chi connectivity index (χ4n) is 6.85. The summed E-state index contributed by atoms with van der Waals surface area (Å²) in [6.45, 7) is 6.88. The van der Waals surface area contributed by atoms with Crippen LogP contribution in [-0.4, -0.2) is 83.5 Å². The molecule has 1 saturated carbocycles. The number of amides is 5. The molecule has 41 heavy (non-hydrogen) atoms. The number of primary amides is 1. The average Bonchev–Trinajstić information content (AvgIpc) is 3.62. The number of halogens is 3. The van der Waals surface area contributed by atoms with Gasteiger partial charge in [0.2, 0.25) is 23.6 Å². The summed E-state index contributed by atoms with van der Waals surface area (Å²) in [6, 6.07) is -4.05. The molecule has 0 unspecified atom stereocenters. The van der Waals surface area contributed by atoms with Gasteiger partial charge in [-0.25, -0.2) is 0 Å². The standard InChI is InChI=1S/C27H38F3N5O6/c1-12(41-26(2,3)4)19(34-25(40)27(28,29)30)24(39)35-11-16-13-5-6-14(9-13)18(16)20(35)23(38)33-17(21(31)36)10-15-7-8-32-22(15)37/h5-6,12-20H,7-11H2,1-4H3,(H2,31,36)(H,32,37)(H,33,38)(H,34,40)/t12-,13-,14+,15+,16-,17+,18+,19+,20+/m1/s1. The molecule has 0 radical (unpaired) electrons. The van der Waals surface area contributed by atoms with E-state index in [0.29, 0.717) is 13.0 Å². The number of allylic oxidation sites excluding steroid dienone is 2. The van der Waals surface area contributed by atoms with Gasteiger partial charge in [-0.15, -0.1) is 0 Å². The summed E-state index contributed by atoms with van der Waals surface area (Å²) in [5, 5.41) is 7.08. The highest BCUT2D eigenvalue weighted by Crippen LogP contribution is 2.54. The van der Waals surface area contributed by atoms with E-state index in [-0.39, 0.29) is 42.5 Å². The van der Waals surface area contributed by atoms with Crippen LogP contribution in [0.4, 0.5) is 13.2 Å². The van der Waals surface area contributed by atoms with Gasteiger partial charge in [0.1, 0.15) is 18.1 Å². The molecule has 3 fully saturated rings. The SMILES string of the molecule is C[C@@H](OC(C)(C)C)[C@H](NC(=O)C(F)(F)F)C(=O)N1C[C@H]2[C@@H]([C@H]1C(=O)N[C@@H](C[C@@H]1CCNC1=O)C(N)=O)[C@H]1C=C[C@@H]2C1. The Morgan fingerprint density at radius 1 is 1.15 bits per heavy atom. The zero-order valence-corrected chi connectivity index (χ0v) is 23.5. The molecule has 5 N–H and O–H groups in total. The van der Waals surface area contributed by atoms with Crippen molar-refractivity contribution in [2.75, 3.05) is 13.1 Å². The number of alkyl halides is 3. The molecule has 2 aliphatic carbocycles. The smallest absolute Gasteiger partial charge is 0.370 e. The van der Waals surface area contributed by atoms with Gasteiger partial charge in [0.05, 0.1) is 11.7 Å². The molecular formula is C27H38F3N5O6. The third-order valence-corrected chi connectivity index (χ3v) is 8.51. The predicted molar refractivity (Wildman–Crippen MR) is 138 cm³/mol. The van der Waals surface area contributed by atoms with Crippen LogP contribution in [0.25, 0.3) is 0 Å². The van der Waals surface area contributed by atoms with Gasteiger partial charge in [-0.05, 0) is 70.6 Å². The topological polar surface area (TPSA) is 160 Å². The van der Waals surface area contributed by atoms with Crippen molar-refractivity contribution < 1.29 is 41.9 Å². The minimum absolute atomic E-state index is 0.0195. The van der Waals surface area contributed by atoms with Gasteiger partial charge in [-0.2, -0.15) is 13.2 Å². The summed E-state index contributed by atoms with van der Waals surface area (Å²) in [4.78, 5) is 65.3. The second-order valence-corrected chi connectivity index (χ2v) is 12.5. The number of fused-ring (bicyclic) bond motifs is 5. The van der Waals surface area contributed by atoms with E-state index < -0.39 is 65.6 Å². The van der Waals surface area contributed by atoms with Gasteiger partial charge >= 0.3 is 12.1 Å². The van der Waals surface area contributed by atoms with Crippen LogP contribution in [0, 0.1) is 29.6 Å². The van der Waals surface area contributed by atoms with Crippen molar-refractivity contribution in [1.82, 2.24) is 20.9 Å². The average molecular weight is 586 g/mol. The zero-order valence-electron chi connectivity index (χ0n) is 23.5. The van der Waals surface area contributed by atoms with Crippen LogP contribution >= 0.6 is 0 Å². The maximum Gasteiger partial charge on any atom is 0.471 e. The van der Waals surface area contributed by atoms with Crippen LogP contribution in [-0.2, 0) is 28.7 Å². The van der Waals surface area contributed by atoms with Crippen LogP contribution < -0.4 is 21.7 Å². The molecule has 9 atom stereocenters. The van der Waals surface area contributed by atoms with Crippen LogP contribution in [0.2, 0.25) is 0 Å². The number of nitrogens with one attached hydrogen (secondary N) is 3. The highest BCUT2D eigenvalue weighted by molar-refractivity contribution is 5.96. The Bertz CT molecular complexity index is 1120. The van der Waals surface area contributed by atoms with Crippen LogP contribution in [0.15, 0.2) is 12.2 Å². The van der Waals surface area contributed by atoms with Gasteiger partial charge in [-0.3, -0.25) is 24.0 Å². The van der Waals surface area contributed by atoms with Crippen molar-refractivity contribution in [3.05, 3.63) is 12.2 Å². The predicted octanol–water partition coefficient (Wildman–Crippen LogP) is 0.383. The lowest BCUT2D eigenvalue weighted by molar-refractivity contribution is -0.177. The van der Waals surface area contributed by atoms with E-state index in [9.17, 15) is 37.1 Å². The van der Waals surface area contributed by atoms with E-state index >= 15 is 0 Å². The van der Waals surface area contributed by atoms with E-state index in [1.807, 2.05) is 12.2 Å². The Kier molecular flexibility index (Phi) is 8.45. The molecule has 2 heterocycles. The van der Waals surface area contributed by atoms with Crippen LogP contribution in [0.5, 0.6) is 0 Å². The van der Waals surface area contributed by atoms with Gasteiger partial charge in [0.25, 0.3) is 0 Å². The number of nitrogens with two attached hydrogens (primary N) is 1. The normalized spacial score (nSPS) is 30.9. The Labute approximate surface area is 236 Å². The first kappa shape index (κ1) is 30.8. The Hall–Kier alpha value is -3.16. The lowest BCUT2D eigenvalue weighted by Gasteiger charge is -2.36. The van der Waals surface area contributed by atoms with E-state index in [1.54, 1.807) is 26.1 Å². The first-order chi connectivity index (χ1) is 19.0. The summed E-state index contributed by atoms with van der Waals surface area (Å²) in [7, 11) is 0. The zero-order chi connectivity index (χ0) is 30.4. The number of ether oxygens (including phenoxy) is 1. The fraction of sp³-hybridized carbons (Fsp3) is 0.741. The third kappa shape index (κ3) is 6.52. The monoisotopic (exact) mass is 585 g/mol. The number of rotatable bonds is 9. The summed E-state index contributed by atoms with van der Waals surface area (Å²) in [6.07, 6.45) is -1.20. The number of carbonyl (C=O) groups is 5. The summed E-state index contributed by atoms with van der Waals surface area (Å²) in [5.41, 5.74) is 4.71. The molecule has 14 heteroatoms. The molecule has 2 saturated heterocycles. The highest BCUT2D eigenvalue weighted by atomic mass is 19.4. The van der Waals surface area contributed by atoms with Gasteiger partial charge in [0.15, 0.2) is 0 Å². The molecule has 0 aromatic carbocycles. The summed E-state index contributed by atoms with van der Waals surface area (Å²) < 4.78 is 45.5. The van der Waals surface area contributed by atoms with E-state index in [2.05, 4.69) is 10.6 Å². The largest absolute Gasteiger partial charge is 0.471 e. The summed E-state index contributed by atoms with van der Waals surface area (Å²) >= 11 is 0. The first-order valence-corrected chi connectivity index (χ1v) is 13.9. The molecule has 5 amide bonds. The summed E-state index contributed by atoms with van der Waals surface area (Å²) in [5.74, 6) is -5.92. The molecule has 0 spiro atoms. The second kappa shape index (κ2) is 11.3. The van der Waals surface area contributed by atoms with Crippen molar-refractivity contribution in [2.24, 2.45) is 35.3 Å². The third-order valence-electron chi connectivity index (χ3n) is 8.51. The van der Waals surface area contributed by atoms with Crippen molar-refractivity contribution in [3.63, 3.8) is 0 Å². The lowest BCUT2D eigenvalue weighted by atomic mass is 9.81. The molecule has 4 aliphatic rings. The molecule has 228 valence electrons. The molecule has 4 rings (SSSR count). The number of hydrogen-bond donors (Lipinski definition) is 4. The van der Waals surface area contributed by atoms with Crippen molar-refractivity contribution in [1.29, 1.82) is 0 Å². The number of likely N-dealkylation sites (tertiary alicyclic amines) is 1. The first-order valence-electron chi connectivity index (χ1n) is 13.9. The number of hydrogen-bond acceptors (Lipinski definition) is 6. The highest BCUT2D eigenvalue weighted by Gasteiger charge is 2.59. The van der Waals surface area contributed by atoms with Crippen LogP contribution in [0.1, 0.15) is 47.0 Å². The van der Waals surface area contributed by atoms with E-state index in [0.717, 1.165) is 6.42 Å². The number of nitrogens with zero attached hydrogens (tertiary/aromatic N) is 1. The quantitative estimate of drug-likeness (QED) is 0.286. The lowest BCUT2D eigenvalue weighted by Crippen LogP contribution is -2.61. The maximum atomic E-state index is 14.0. The van der Waals surface area contributed by atoms with E-state index in [4.69, 9.17) is 10.5 Å². The van der Waals surface area contributed by atoms with Crippen LogP contribution in [0.3, 0.4) is 0 Å². The minimum Gasteiger partial charge on any atom is -0.370 e. The molecule has 2 bridgehead atoms. The second-order valence-electron chi connectivity index (χ2n) is 12.5. The maximum absolute atomic E-state index is 14.0.